The van der Waals surface area contributed by atoms with Gasteiger partial charge in [0, 0.05) is 25.8 Å². The number of nitrogens with one attached hydrogen (secondary N) is 2. The number of ether oxygens (including phenoxy) is 1. The first-order valence-electron chi connectivity index (χ1n) is 11.2. The highest BCUT2D eigenvalue weighted by molar-refractivity contribution is 5.96. The molecule has 0 aromatic carbocycles. The number of amides is 3. The Morgan fingerprint density at radius 2 is 2.10 bits per heavy atom. The molecule has 0 radical (unpaired) electrons. The molecule has 3 aliphatic rings. The van der Waals surface area contributed by atoms with Crippen LogP contribution >= 0.6 is 0 Å². The van der Waals surface area contributed by atoms with Gasteiger partial charge in [0.05, 0.1) is 12.7 Å². The highest BCUT2D eigenvalue weighted by Crippen LogP contribution is 2.46. The second kappa shape index (κ2) is 9.80. The van der Waals surface area contributed by atoms with E-state index in [1.165, 1.54) is 11.8 Å². The van der Waals surface area contributed by atoms with Gasteiger partial charge in [0.25, 0.3) is 0 Å². The van der Waals surface area contributed by atoms with E-state index in [4.69, 9.17) is 4.74 Å². The third-order valence-electron chi connectivity index (χ3n) is 6.27. The Morgan fingerprint density at radius 1 is 1.32 bits per heavy atom. The van der Waals surface area contributed by atoms with Gasteiger partial charge in [-0.25, -0.2) is 4.79 Å². The van der Waals surface area contributed by atoms with E-state index in [0.717, 1.165) is 25.7 Å². The van der Waals surface area contributed by atoms with Crippen molar-refractivity contribution in [1.29, 1.82) is 0 Å². The van der Waals surface area contributed by atoms with E-state index in [1.807, 2.05) is 12.2 Å². The van der Waals surface area contributed by atoms with Crippen LogP contribution in [-0.4, -0.2) is 70.6 Å². The summed E-state index contributed by atoms with van der Waals surface area (Å²) in [6, 6.07) is -1.65. The van der Waals surface area contributed by atoms with E-state index < -0.39 is 35.6 Å². The Labute approximate surface area is 182 Å². The number of allylic oxidation sites excluding steroid dienone is 1. The number of fused-ring (bicyclic) bond motifs is 2. The lowest BCUT2D eigenvalue weighted by Gasteiger charge is -2.29. The minimum atomic E-state index is -1.12. The molecular weight excluding hydrogens is 402 g/mol. The van der Waals surface area contributed by atoms with Gasteiger partial charge >= 0.3 is 5.97 Å². The van der Waals surface area contributed by atoms with Crippen LogP contribution in [0.5, 0.6) is 0 Å². The number of carbonyl (C=O) groups excluding carboxylic acids is 4. The monoisotopic (exact) mass is 435 g/mol. The first-order chi connectivity index (χ1) is 14.8. The van der Waals surface area contributed by atoms with Crippen molar-refractivity contribution in [1.82, 2.24) is 15.5 Å². The zero-order valence-corrected chi connectivity index (χ0v) is 18.3. The highest BCUT2D eigenvalue weighted by atomic mass is 16.5. The van der Waals surface area contributed by atoms with Crippen molar-refractivity contribution >= 4 is 23.7 Å². The number of carbonyl (C=O) groups is 4. The van der Waals surface area contributed by atoms with Crippen LogP contribution < -0.4 is 10.6 Å². The van der Waals surface area contributed by atoms with Gasteiger partial charge in [-0.1, -0.05) is 25.0 Å². The van der Waals surface area contributed by atoms with Gasteiger partial charge in [-0.15, -0.1) is 0 Å². The van der Waals surface area contributed by atoms with Crippen molar-refractivity contribution in [2.45, 2.75) is 82.5 Å². The summed E-state index contributed by atoms with van der Waals surface area (Å²) in [5, 5.41) is 15.7. The smallest absolute Gasteiger partial charge is 0.332 e. The summed E-state index contributed by atoms with van der Waals surface area (Å²) in [4.78, 5) is 52.0. The summed E-state index contributed by atoms with van der Waals surface area (Å²) in [5.74, 6) is -1.80. The summed E-state index contributed by atoms with van der Waals surface area (Å²) in [6.45, 7) is 3.29. The molecule has 3 amide bonds. The van der Waals surface area contributed by atoms with Crippen LogP contribution in [0.1, 0.15) is 58.8 Å². The van der Waals surface area contributed by atoms with E-state index in [-0.39, 0.29) is 37.3 Å². The molecular formula is C22H33N3O6. The SMILES string of the molecule is CCOC(=O)[C@@]12C[C@H]1/C=C\CCCCC[C@H](NC(C)=O)C(=O)N1C[C@H](O)C[C@H]1C(=O)N2. The van der Waals surface area contributed by atoms with E-state index in [2.05, 4.69) is 10.6 Å². The average Bonchev–Trinajstić information content (AvgIpc) is 3.26. The zero-order chi connectivity index (χ0) is 22.6. The molecule has 0 bridgehead atoms. The molecule has 172 valence electrons. The third kappa shape index (κ3) is 5.26. The van der Waals surface area contributed by atoms with Crippen molar-refractivity contribution in [2.24, 2.45) is 5.92 Å². The molecule has 5 atom stereocenters. The number of rotatable bonds is 3. The maximum atomic E-state index is 13.2. The van der Waals surface area contributed by atoms with Gasteiger partial charge in [0.1, 0.15) is 17.6 Å². The van der Waals surface area contributed by atoms with Crippen LogP contribution in [0.15, 0.2) is 12.2 Å². The molecule has 0 spiro atoms. The van der Waals surface area contributed by atoms with Crippen molar-refractivity contribution in [2.75, 3.05) is 13.2 Å². The van der Waals surface area contributed by atoms with Gasteiger partial charge in [0.15, 0.2) is 0 Å². The van der Waals surface area contributed by atoms with Crippen molar-refractivity contribution in [3.05, 3.63) is 12.2 Å². The molecule has 2 aliphatic heterocycles. The second-order valence-electron chi connectivity index (χ2n) is 8.71. The number of aliphatic hydroxyl groups is 1. The van der Waals surface area contributed by atoms with Gasteiger partial charge < -0.3 is 25.4 Å². The fourth-order valence-electron chi connectivity index (χ4n) is 4.57. The fraction of sp³-hybridized carbons (Fsp3) is 0.727. The Balaban J connectivity index is 1.86. The summed E-state index contributed by atoms with van der Waals surface area (Å²) >= 11 is 0. The van der Waals surface area contributed by atoms with Gasteiger partial charge in [-0.05, 0) is 32.6 Å². The molecule has 9 heteroatoms. The average molecular weight is 436 g/mol. The maximum absolute atomic E-state index is 13.2. The van der Waals surface area contributed by atoms with Crippen LogP contribution in [0.2, 0.25) is 0 Å². The fourth-order valence-corrected chi connectivity index (χ4v) is 4.57. The number of nitrogens with zero attached hydrogens (tertiary/aromatic N) is 1. The molecule has 31 heavy (non-hydrogen) atoms. The zero-order valence-electron chi connectivity index (χ0n) is 18.3. The quantitative estimate of drug-likeness (QED) is 0.436. The lowest BCUT2D eigenvalue weighted by molar-refractivity contribution is -0.150. The molecule has 0 unspecified atom stereocenters. The molecule has 0 aromatic heterocycles. The number of aliphatic hydroxyl groups excluding tert-OH is 1. The normalized spacial score (nSPS) is 35.0. The Bertz CT molecular complexity index is 754. The number of hydrogen-bond donors (Lipinski definition) is 3. The standard InChI is InChI=1S/C22H33N3O6/c1-3-31-21(30)22-12-15(22)9-7-5-4-6-8-10-17(23-14(2)26)20(29)25-13-16(27)11-18(25)19(28)24-22/h7,9,15-18,27H,3-6,8,10-13H2,1-2H3,(H,23,26)(H,24,28)/b9-7-/t15-,16-,17+,18+,22-/m1/s1. The van der Waals surface area contributed by atoms with Crippen molar-refractivity contribution < 1.29 is 29.0 Å². The van der Waals surface area contributed by atoms with Crippen molar-refractivity contribution in [3.63, 3.8) is 0 Å². The van der Waals surface area contributed by atoms with Gasteiger partial charge in [-0.3, -0.25) is 14.4 Å². The van der Waals surface area contributed by atoms with Crippen LogP contribution in [0, 0.1) is 5.92 Å². The number of esters is 1. The molecule has 1 aliphatic carbocycles. The molecule has 9 nitrogen and oxygen atoms in total. The molecule has 3 N–H and O–H groups in total. The molecule has 0 aromatic rings. The lowest BCUT2D eigenvalue weighted by atomic mass is 10.0. The van der Waals surface area contributed by atoms with Gasteiger partial charge in [-0.2, -0.15) is 0 Å². The topological polar surface area (TPSA) is 125 Å². The maximum Gasteiger partial charge on any atom is 0.332 e. The minimum absolute atomic E-state index is 0.0166. The second-order valence-corrected chi connectivity index (χ2v) is 8.71. The Kier molecular flexibility index (Phi) is 7.35. The Hall–Kier alpha value is -2.42. The molecule has 1 saturated heterocycles. The lowest BCUT2D eigenvalue weighted by Crippen LogP contribution is -2.56. The Morgan fingerprint density at radius 3 is 2.81 bits per heavy atom. The van der Waals surface area contributed by atoms with Crippen LogP contribution in [0.25, 0.3) is 0 Å². The third-order valence-corrected chi connectivity index (χ3v) is 6.27. The minimum Gasteiger partial charge on any atom is -0.464 e. The predicted octanol–water partition coefficient (Wildman–Crippen LogP) is 0.411. The first-order valence-corrected chi connectivity index (χ1v) is 11.2. The van der Waals surface area contributed by atoms with Crippen molar-refractivity contribution in [3.8, 4) is 0 Å². The molecule has 2 fully saturated rings. The van der Waals surface area contributed by atoms with E-state index in [0.29, 0.717) is 12.8 Å². The first kappa shape index (κ1) is 23.2. The summed E-state index contributed by atoms with van der Waals surface area (Å²) in [6.07, 6.45) is 7.57. The van der Waals surface area contributed by atoms with E-state index in [1.54, 1.807) is 6.92 Å². The summed E-state index contributed by atoms with van der Waals surface area (Å²) < 4.78 is 5.21. The van der Waals surface area contributed by atoms with E-state index >= 15 is 0 Å². The highest BCUT2D eigenvalue weighted by Gasteiger charge is 2.62. The summed E-state index contributed by atoms with van der Waals surface area (Å²) in [7, 11) is 0. The molecule has 3 rings (SSSR count). The number of hydrogen-bond acceptors (Lipinski definition) is 6. The van der Waals surface area contributed by atoms with E-state index in [9.17, 15) is 24.3 Å². The largest absolute Gasteiger partial charge is 0.464 e. The molecule has 2 heterocycles. The van der Waals surface area contributed by atoms with Crippen LogP contribution in [-0.2, 0) is 23.9 Å². The van der Waals surface area contributed by atoms with Crippen LogP contribution in [0.4, 0.5) is 0 Å². The summed E-state index contributed by atoms with van der Waals surface area (Å²) in [5.41, 5.74) is -1.12. The molecule has 1 saturated carbocycles. The predicted molar refractivity (Wildman–Crippen MR) is 112 cm³/mol. The van der Waals surface area contributed by atoms with Crippen LogP contribution in [0.3, 0.4) is 0 Å². The van der Waals surface area contributed by atoms with Gasteiger partial charge in [0.2, 0.25) is 17.7 Å².